The van der Waals surface area contributed by atoms with E-state index in [1.165, 1.54) is 4.31 Å². The fourth-order valence-electron chi connectivity index (χ4n) is 2.17. The first-order valence-corrected chi connectivity index (χ1v) is 7.18. The molecular formula is C11H14N4O2S. The van der Waals surface area contributed by atoms with Crippen molar-refractivity contribution in [1.82, 2.24) is 4.31 Å². The Morgan fingerprint density at radius 1 is 1.39 bits per heavy atom. The first-order chi connectivity index (χ1) is 8.66. The maximum Gasteiger partial charge on any atom is 0.243 e. The van der Waals surface area contributed by atoms with E-state index in [1.807, 2.05) is 0 Å². The number of azide groups is 1. The fourth-order valence-corrected chi connectivity index (χ4v) is 3.87. The molecule has 96 valence electrons. The third-order valence-corrected chi connectivity index (χ3v) is 4.99. The van der Waals surface area contributed by atoms with Crippen molar-refractivity contribution < 1.29 is 8.42 Å². The number of hydrogen-bond acceptors (Lipinski definition) is 3. The van der Waals surface area contributed by atoms with Gasteiger partial charge in [0.05, 0.1) is 4.90 Å². The van der Waals surface area contributed by atoms with Gasteiger partial charge in [0.15, 0.2) is 0 Å². The molecule has 1 saturated heterocycles. The van der Waals surface area contributed by atoms with Gasteiger partial charge in [0.2, 0.25) is 10.0 Å². The molecule has 18 heavy (non-hydrogen) atoms. The summed E-state index contributed by atoms with van der Waals surface area (Å²) in [6.07, 6.45) is 1.54. The first kappa shape index (κ1) is 12.9. The summed E-state index contributed by atoms with van der Waals surface area (Å²) in [5, 5.41) is 3.49. The molecule has 6 nitrogen and oxygen atoms in total. The molecule has 1 aliphatic heterocycles. The van der Waals surface area contributed by atoms with Crippen molar-refractivity contribution in [1.29, 1.82) is 0 Å². The Bertz CT molecular complexity index is 552. The summed E-state index contributed by atoms with van der Waals surface area (Å²) in [5.74, 6) is 0. The van der Waals surface area contributed by atoms with Crippen molar-refractivity contribution in [2.75, 3.05) is 13.1 Å². The molecule has 0 aromatic heterocycles. The minimum Gasteiger partial charge on any atom is -0.207 e. The van der Waals surface area contributed by atoms with Gasteiger partial charge in [-0.15, -0.1) is 0 Å². The van der Waals surface area contributed by atoms with E-state index in [1.54, 1.807) is 30.3 Å². The molecule has 0 saturated carbocycles. The molecule has 0 spiro atoms. The molecule has 7 heteroatoms. The van der Waals surface area contributed by atoms with Crippen molar-refractivity contribution in [2.45, 2.75) is 23.8 Å². The van der Waals surface area contributed by atoms with Crippen LogP contribution in [0.5, 0.6) is 0 Å². The summed E-state index contributed by atoms with van der Waals surface area (Å²) in [4.78, 5) is 2.98. The SMILES string of the molecule is [N-]=[N+]=NCC1CCCN1S(=O)(=O)c1ccccc1. The van der Waals surface area contributed by atoms with Crippen LogP contribution in [0.25, 0.3) is 10.4 Å². The lowest BCUT2D eigenvalue weighted by molar-refractivity contribution is 0.393. The van der Waals surface area contributed by atoms with Crippen LogP contribution in [-0.4, -0.2) is 31.9 Å². The minimum atomic E-state index is -3.47. The van der Waals surface area contributed by atoms with Gasteiger partial charge in [-0.05, 0) is 30.5 Å². The Morgan fingerprint density at radius 3 is 2.78 bits per heavy atom. The van der Waals surface area contributed by atoms with Crippen LogP contribution in [0.2, 0.25) is 0 Å². The molecule has 0 aliphatic carbocycles. The van der Waals surface area contributed by atoms with E-state index in [0.717, 1.165) is 12.8 Å². The van der Waals surface area contributed by atoms with E-state index < -0.39 is 10.0 Å². The summed E-state index contributed by atoms with van der Waals surface area (Å²) < 4.78 is 26.2. The van der Waals surface area contributed by atoms with Gasteiger partial charge in [0.25, 0.3) is 0 Å². The van der Waals surface area contributed by atoms with Gasteiger partial charge in [-0.3, -0.25) is 0 Å². The lowest BCUT2D eigenvalue weighted by Crippen LogP contribution is -2.37. The highest BCUT2D eigenvalue weighted by Crippen LogP contribution is 2.26. The van der Waals surface area contributed by atoms with E-state index in [4.69, 9.17) is 5.53 Å². The zero-order valence-electron chi connectivity index (χ0n) is 9.81. The van der Waals surface area contributed by atoms with Crippen LogP contribution in [0.15, 0.2) is 40.3 Å². The second-order valence-electron chi connectivity index (χ2n) is 4.14. The van der Waals surface area contributed by atoms with Crippen molar-refractivity contribution in [2.24, 2.45) is 5.11 Å². The van der Waals surface area contributed by atoms with Crippen molar-refractivity contribution in [3.63, 3.8) is 0 Å². The highest BCUT2D eigenvalue weighted by atomic mass is 32.2. The maximum atomic E-state index is 12.4. The molecule has 2 rings (SSSR count). The zero-order chi connectivity index (χ0) is 13.0. The third-order valence-electron chi connectivity index (χ3n) is 3.03. The second kappa shape index (κ2) is 5.39. The van der Waals surface area contributed by atoms with Gasteiger partial charge >= 0.3 is 0 Å². The van der Waals surface area contributed by atoms with Crippen molar-refractivity contribution in [3.05, 3.63) is 40.8 Å². The number of hydrogen-bond donors (Lipinski definition) is 0. The van der Waals surface area contributed by atoms with Gasteiger partial charge in [0, 0.05) is 24.0 Å². The summed E-state index contributed by atoms with van der Waals surface area (Å²) in [5.41, 5.74) is 8.32. The maximum absolute atomic E-state index is 12.4. The summed E-state index contributed by atoms with van der Waals surface area (Å²) >= 11 is 0. The summed E-state index contributed by atoms with van der Waals surface area (Å²) in [7, 11) is -3.47. The average Bonchev–Trinajstić information content (AvgIpc) is 2.86. The Hall–Kier alpha value is -1.56. The lowest BCUT2D eigenvalue weighted by Gasteiger charge is -2.22. The summed E-state index contributed by atoms with van der Waals surface area (Å²) in [6, 6.07) is 8.12. The molecule has 1 aliphatic rings. The highest BCUT2D eigenvalue weighted by Gasteiger charge is 2.34. The van der Waals surface area contributed by atoms with Crippen molar-refractivity contribution >= 4 is 10.0 Å². The molecular weight excluding hydrogens is 252 g/mol. The molecule has 1 fully saturated rings. The molecule has 1 aromatic rings. The van der Waals surface area contributed by atoms with Crippen LogP contribution in [0, 0.1) is 0 Å². The van der Waals surface area contributed by atoms with Gasteiger partial charge in [-0.1, -0.05) is 23.3 Å². The third kappa shape index (κ3) is 2.48. The van der Waals surface area contributed by atoms with E-state index in [9.17, 15) is 8.42 Å². The van der Waals surface area contributed by atoms with Crippen LogP contribution in [0.4, 0.5) is 0 Å². The monoisotopic (exact) mass is 266 g/mol. The molecule has 1 atom stereocenters. The molecule has 1 aromatic carbocycles. The normalized spacial score (nSPS) is 20.6. The molecule has 0 N–H and O–H groups in total. The Kier molecular flexibility index (Phi) is 3.86. The van der Waals surface area contributed by atoms with Crippen LogP contribution in [-0.2, 0) is 10.0 Å². The quantitative estimate of drug-likeness (QED) is 0.475. The van der Waals surface area contributed by atoms with Gasteiger partial charge in [0.1, 0.15) is 0 Å². The van der Waals surface area contributed by atoms with Crippen LogP contribution in [0.3, 0.4) is 0 Å². The first-order valence-electron chi connectivity index (χ1n) is 5.74. The number of rotatable bonds is 4. The number of benzene rings is 1. The zero-order valence-corrected chi connectivity index (χ0v) is 10.6. The number of sulfonamides is 1. The van der Waals surface area contributed by atoms with E-state index >= 15 is 0 Å². The van der Waals surface area contributed by atoms with E-state index in [-0.39, 0.29) is 17.5 Å². The smallest absolute Gasteiger partial charge is 0.207 e. The Labute approximate surface area is 106 Å². The molecule has 0 radical (unpaired) electrons. The fraction of sp³-hybridized carbons (Fsp3) is 0.455. The largest absolute Gasteiger partial charge is 0.243 e. The second-order valence-corrected chi connectivity index (χ2v) is 6.03. The van der Waals surface area contributed by atoms with Gasteiger partial charge < -0.3 is 0 Å². The molecule has 0 amide bonds. The highest BCUT2D eigenvalue weighted by molar-refractivity contribution is 7.89. The van der Waals surface area contributed by atoms with Crippen LogP contribution in [0.1, 0.15) is 12.8 Å². The molecule has 1 heterocycles. The van der Waals surface area contributed by atoms with E-state index in [2.05, 4.69) is 10.0 Å². The number of nitrogens with zero attached hydrogens (tertiary/aromatic N) is 4. The van der Waals surface area contributed by atoms with E-state index in [0.29, 0.717) is 6.54 Å². The predicted octanol–water partition coefficient (Wildman–Crippen LogP) is 2.15. The topological polar surface area (TPSA) is 86.1 Å². The molecule has 0 bridgehead atoms. The van der Waals surface area contributed by atoms with Gasteiger partial charge in [-0.2, -0.15) is 4.31 Å². The van der Waals surface area contributed by atoms with Gasteiger partial charge in [-0.25, -0.2) is 8.42 Å². The Balaban J connectivity index is 2.27. The molecule has 1 unspecified atom stereocenters. The standard InChI is InChI=1S/C11H14N4O2S/c12-14-13-9-10-5-4-8-15(10)18(16,17)11-6-2-1-3-7-11/h1-3,6-7,10H,4-5,8-9H2. The Morgan fingerprint density at radius 2 is 2.11 bits per heavy atom. The van der Waals surface area contributed by atoms with Crippen LogP contribution < -0.4 is 0 Å². The lowest BCUT2D eigenvalue weighted by atomic mass is 10.2. The average molecular weight is 266 g/mol. The summed E-state index contributed by atoms with van der Waals surface area (Å²) in [6.45, 7) is 0.686. The van der Waals surface area contributed by atoms with Crippen molar-refractivity contribution in [3.8, 4) is 0 Å². The predicted molar refractivity (Wildman–Crippen MR) is 67.4 cm³/mol. The van der Waals surface area contributed by atoms with Crippen LogP contribution >= 0.6 is 0 Å². The minimum absolute atomic E-state index is 0.197.